The lowest BCUT2D eigenvalue weighted by Crippen LogP contribution is -2.06. The maximum atomic E-state index is 5.79. The summed E-state index contributed by atoms with van der Waals surface area (Å²) in [5, 5.41) is 3.36. The second-order valence-electron chi connectivity index (χ2n) is 4.45. The van der Waals surface area contributed by atoms with Gasteiger partial charge >= 0.3 is 0 Å². The Labute approximate surface area is 119 Å². The minimum atomic E-state index is 0.641. The number of hydrogen-bond acceptors (Lipinski definition) is 4. The zero-order valence-electron chi connectivity index (χ0n) is 11.8. The third kappa shape index (κ3) is 3.35. The fourth-order valence-corrected chi connectivity index (χ4v) is 2.07. The number of para-hydroxylation sites is 1. The monoisotopic (exact) mass is 272 g/mol. The van der Waals surface area contributed by atoms with Gasteiger partial charge in [-0.05, 0) is 30.2 Å². The molecule has 106 valence electrons. The first-order valence-electron chi connectivity index (χ1n) is 6.54. The Kier molecular flexibility index (Phi) is 4.71. The smallest absolute Gasteiger partial charge is 0.143 e. The molecular weight excluding hydrogens is 252 g/mol. The van der Waals surface area contributed by atoms with Crippen molar-refractivity contribution in [3.63, 3.8) is 0 Å². The summed E-state index contributed by atoms with van der Waals surface area (Å²) in [6, 6.07) is 13.7. The highest BCUT2D eigenvalue weighted by molar-refractivity contribution is 5.61. The quantitative estimate of drug-likeness (QED) is 0.794. The van der Waals surface area contributed by atoms with E-state index in [-0.39, 0.29) is 0 Å². The highest BCUT2D eigenvalue weighted by Gasteiger charge is 2.03. The molecule has 0 radical (unpaired) electrons. The van der Waals surface area contributed by atoms with E-state index in [9.17, 15) is 0 Å². The second kappa shape index (κ2) is 6.70. The van der Waals surface area contributed by atoms with E-state index in [1.54, 1.807) is 14.2 Å². The van der Waals surface area contributed by atoms with Crippen LogP contribution in [0.2, 0.25) is 0 Å². The molecular formula is C16H20N2O2. The molecule has 0 aliphatic heterocycles. The van der Waals surface area contributed by atoms with Crippen molar-refractivity contribution in [3.8, 4) is 11.5 Å². The predicted octanol–water partition coefficient (Wildman–Crippen LogP) is 2.94. The van der Waals surface area contributed by atoms with Crippen LogP contribution in [0.5, 0.6) is 11.5 Å². The molecule has 0 spiro atoms. The molecule has 0 bridgehead atoms. The van der Waals surface area contributed by atoms with Crippen molar-refractivity contribution in [2.45, 2.75) is 6.42 Å². The van der Waals surface area contributed by atoms with Crippen LogP contribution in [0.15, 0.2) is 42.5 Å². The zero-order valence-corrected chi connectivity index (χ0v) is 11.8. The van der Waals surface area contributed by atoms with Gasteiger partial charge in [0.25, 0.3) is 0 Å². The van der Waals surface area contributed by atoms with E-state index in [0.29, 0.717) is 11.4 Å². The number of nitrogens with two attached hydrogens (primary N) is 1. The number of rotatable bonds is 6. The summed E-state index contributed by atoms with van der Waals surface area (Å²) in [6.07, 6.45) is 0.886. The van der Waals surface area contributed by atoms with E-state index in [1.807, 2.05) is 36.4 Å². The third-order valence-corrected chi connectivity index (χ3v) is 3.15. The Hall–Kier alpha value is -2.36. The van der Waals surface area contributed by atoms with E-state index in [2.05, 4.69) is 11.4 Å². The SMILES string of the molecule is COc1cc(NCCc2ccccc2OC)ccc1N. The molecule has 0 amide bonds. The highest BCUT2D eigenvalue weighted by atomic mass is 16.5. The molecule has 0 fully saturated rings. The first kappa shape index (κ1) is 14.1. The molecule has 0 unspecified atom stereocenters. The number of nitrogens with one attached hydrogen (secondary N) is 1. The summed E-state index contributed by atoms with van der Waals surface area (Å²) in [7, 11) is 3.31. The van der Waals surface area contributed by atoms with E-state index in [0.717, 1.165) is 24.4 Å². The molecule has 2 aromatic rings. The molecule has 2 rings (SSSR count). The number of nitrogen functional groups attached to an aromatic ring is 1. The van der Waals surface area contributed by atoms with Crippen LogP contribution < -0.4 is 20.5 Å². The highest BCUT2D eigenvalue weighted by Crippen LogP contribution is 2.25. The van der Waals surface area contributed by atoms with E-state index < -0.39 is 0 Å². The van der Waals surface area contributed by atoms with Crippen molar-refractivity contribution >= 4 is 11.4 Å². The molecule has 2 aromatic carbocycles. The van der Waals surface area contributed by atoms with Gasteiger partial charge in [0.15, 0.2) is 0 Å². The van der Waals surface area contributed by atoms with Crippen LogP contribution in [-0.4, -0.2) is 20.8 Å². The lowest BCUT2D eigenvalue weighted by molar-refractivity contribution is 0.410. The molecule has 0 atom stereocenters. The van der Waals surface area contributed by atoms with Gasteiger partial charge in [0, 0.05) is 18.3 Å². The standard InChI is InChI=1S/C16H20N2O2/c1-19-15-6-4-3-5-12(15)9-10-18-13-7-8-14(17)16(11-13)20-2/h3-8,11,18H,9-10,17H2,1-2H3. The first-order valence-corrected chi connectivity index (χ1v) is 6.54. The van der Waals surface area contributed by atoms with Gasteiger partial charge in [-0.1, -0.05) is 18.2 Å². The van der Waals surface area contributed by atoms with Crippen molar-refractivity contribution in [1.82, 2.24) is 0 Å². The van der Waals surface area contributed by atoms with Gasteiger partial charge in [0.2, 0.25) is 0 Å². The number of hydrogen-bond donors (Lipinski definition) is 2. The van der Waals surface area contributed by atoms with Gasteiger partial charge in [0.1, 0.15) is 11.5 Å². The van der Waals surface area contributed by atoms with Gasteiger partial charge < -0.3 is 20.5 Å². The second-order valence-corrected chi connectivity index (χ2v) is 4.45. The molecule has 0 saturated carbocycles. The van der Waals surface area contributed by atoms with Crippen molar-refractivity contribution in [2.24, 2.45) is 0 Å². The molecule has 0 heterocycles. The first-order chi connectivity index (χ1) is 9.74. The van der Waals surface area contributed by atoms with Crippen LogP contribution in [0, 0.1) is 0 Å². The minimum Gasteiger partial charge on any atom is -0.496 e. The van der Waals surface area contributed by atoms with Crippen LogP contribution in [0.3, 0.4) is 0 Å². The summed E-state index contributed by atoms with van der Waals surface area (Å²) in [4.78, 5) is 0. The molecule has 0 aromatic heterocycles. The zero-order chi connectivity index (χ0) is 14.4. The average molecular weight is 272 g/mol. The summed E-state index contributed by atoms with van der Waals surface area (Å²) in [6.45, 7) is 0.813. The van der Waals surface area contributed by atoms with E-state index in [1.165, 1.54) is 5.56 Å². The topological polar surface area (TPSA) is 56.5 Å². The van der Waals surface area contributed by atoms with Crippen LogP contribution in [-0.2, 0) is 6.42 Å². The fourth-order valence-electron chi connectivity index (χ4n) is 2.07. The molecule has 4 heteroatoms. The van der Waals surface area contributed by atoms with Crippen LogP contribution >= 0.6 is 0 Å². The van der Waals surface area contributed by atoms with Gasteiger partial charge in [-0.15, -0.1) is 0 Å². The molecule has 0 saturated heterocycles. The lowest BCUT2D eigenvalue weighted by Gasteiger charge is -2.11. The van der Waals surface area contributed by atoms with Gasteiger partial charge in [-0.25, -0.2) is 0 Å². The minimum absolute atomic E-state index is 0.641. The summed E-state index contributed by atoms with van der Waals surface area (Å²) < 4.78 is 10.5. The maximum Gasteiger partial charge on any atom is 0.143 e. The predicted molar refractivity (Wildman–Crippen MR) is 82.6 cm³/mol. The maximum absolute atomic E-state index is 5.79. The van der Waals surface area contributed by atoms with Crippen LogP contribution in [0.25, 0.3) is 0 Å². The number of ether oxygens (including phenoxy) is 2. The van der Waals surface area contributed by atoms with Gasteiger partial charge in [0.05, 0.1) is 19.9 Å². The molecule has 0 aliphatic rings. The summed E-state index contributed by atoms with van der Waals surface area (Å²) in [5.41, 5.74) is 8.61. The number of methoxy groups -OCH3 is 2. The number of anilines is 2. The summed E-state index contributed by atoms with van der Waals surface area (Å²) in [5.74, 6) is 1.61. The Bertz CT molecular complexity index is 570. The van der Waals surface area contributed by atoms with Crippen LogP contribution in [0.4, 0.5) is 11.4 Å². The van der Waals surface area contributed by atoms with Crippen molar-refractivity contribution in [3.05, 3.63) is 48.0 Å². The van der Waals surface area contributed by atoms with E-state index >= 15 is 0 Å². The molecule has 3 N–H and O–H groups in total. The van der Waals surface area contributed by atoms with Crippen molar-refractivity contribution in [2.75, 3.05) is 31.8 Å². The van der Waals surface area contributed by atoms with Crippen molar-refractivity contribution < 1.29 is 9.47 Å². The third-order valence-electron chi connectivity index (χ3n) is 3.15. The van der Waals surface area contributed by atoms with Crippen LogP contribution in [0.1, 0.15) is 5.56 Å². The Morgan fingerprint density at radius 3 is 2.50 bits per heavy atom. The number of benzene rings is 2. The fraction of sp³-hybridized carbons (Fsp3) is 0.250. The molecule has 0 aliphatic carbocycles. The Morgan fingerprint density at radius 2 is 1.75 bits per heavy atom. The summed E-state index contributed by atoms with van der Waals surface area (Å²) >= 11 is 0. The van der Waals surface area contributed by atoms with Gasteiger partial charge in [-0.3, -0.25) is 0 Å². The Balaban J connectivity index is 1.96. The lowest BCUT2D eigenvalue weighted by atomic mass is 10.1. The molecule has 20 heavy (non-hydrogen) atoms. The van der Waals surface area contributed by atoms with E-state index in [4.69, 9.17) is 15.2 Å². The molecule has 4 nitrogen and oxygen atoms in total. The average Bonchev–Trinajstić information content (AvgIpc) is 2.49. The van der Waals surface area contributed by atoms with Gasteiger partial charge in [-0.2, -0.15) is 0 Å². The Morgan fingerprint density at radius 1 is 1.00 bits per heavy atom. The van der Waals surface area contributed by atoms with Crippen molar-refractivity contribution in [1.29, 1.82) is 0 Å². The largest absolute Gasteiger partial charge is 0.496 e. The normalized spacial score (nSPS) is 10.1.